The smallest absolute Gasteiger partial charge is 0.306 e. The minimum absolute atomic E-state index is 0.0171. The van der Waals surface area contributed by atoms with Crippen LogP contribution in [0.25, 0.3) is 11.0 Å². The van der Waals surface area contributed by atoms with E-state index in [2.05, 4.69) is 27.8 Å². The number of rotatable bonds is 3. The van der Waals surface area contributed by atoms with Crippen LogP contribution in [0.4, 0.5) is 0 Å². The minimum atomic E-state index is -0.0171. The van der Waals surface area contributed by atoms with Gasteiger partial charge in [-0.3, -0.25) is 4.57 Å². The second-order valence-corrected chi connectivity index (χ2v) is 4.51. The first-order valence-electron chi connectivity index (χ1n) is 5.10. The highest BCUT2D eigenvalue weighted by Gasteiger charge is 2.05. The van der Waals surface area contributed by atoms with Crippen LogP contribution in [0, 0.1) is 0 Å². The molecule has 4 heteroatoms. The van der Waals surface area contributed by atoms with E-state index in [-0.39, 0.29) is 5.69 Å². The molecule has 0 fully saturated rings. The Labute approximate surface area is 96.2 Å². The minimum Gasteiger partial charge on any atom is -0.306 e. The molecule has 2 rings (SSSR count). The molecule has 0 aliphatic rings. The zero-order chi connectivity index (χ0) is 10.8. The number of nitrogens with one attached hydrogen (secondary N) is 1. The standard InChI is InChI=1S/C11H13BrN2O/c1-2-3-6-14-10-7-8(12)4-5-9(10)13-11(14)15/h4-5,7H,2-3,6H2,1H3,(H,13,15). The van der Waals surface area contributed by atoms with Crippen LogP contribution in [0.15, 0.2) is 27.5 Å². The summed E-state index contributed by atoms with van der Waals surface area (Å²) in [5.74, 6) is 0. The third kappa shape index (κ3) is 2.00. The Kier molecular flexibility index (Phi) is 2.95. The molecular formula is C11H13BrN2O. The van der Waals surface area contributed by atoms with Crippen LogP contribution < -0.4 is 5.69 Å². The predicted molar refractivity (Wildman–Crippen MR) is 65.2 cm³/mol. The SMILES string of the molecule is CCCCn1c(=O)[nH]c2ccc(Br)cc21. The lowest BCUT2D eigenvalue weighted by Crippen LogP contribution is -2.16. The monoisotopic (exact) mass is 268 g/mol. The van der Waals surface area contributed by atoms with Gasteiger partial charge in [0.05, 0.1) is 11.0 Å². The Morgan fingerprint density at radius 1 is 1.47 bits per heavy atom. The molecule has 2 aromatic rings. The van der Waals surface area contributed by atoms with Crippen molar-refractivity contribution in [3.8, 4) is 0 Å². The van der Waals surface area contributed by atoms with Gasteiger partial charge in [-0.15, -0.1) is 0 Å². The maximum Gasteiger partial charge on any atom is 0.326 e. The number of halogens is 1. The van der Waals surface area contributed by atoms with Crippen molar-refractivity contribution in [1.29, 1.82) is 0 Å². The lowest BCUT2D eigenvalue weighted by molar-refractivity contribution is 0.629. The number of hydrogen-bond donors (Lipinski definition) is 1. The van der Waals surface area contributed by atoms with E-state index in [9.17, 15) is 4.79 Å². The highest BCUT2D eigenvalue weighted by molar-refractivity contribution is 9.10. The molecule has 0 saturated heterocycles. The molecule has 1 aromatic heterocycles. The van der Waals surface area contributed by atoms with Crippen molar-refractivity contribution in [2.75, 3.05) is 0 Å². The summed E-state index contributed by atoms with van der Waals surface area (Å²) in [7, 11) is 0. The van der Waals surface area contributed by atoms with Crippen molar-refractivity contribution < 1.29 is 0 Å². The van der Waals surface area contributed by atoms with Gasteiger partial charge in [0, 0.05) is 11.0 Å². The van der Waals surface area contributed by atoms with Gasteiger partial charge in [0.1, 0.15) is 0 Å². The fraction of sp³-hybridized carbons (Fsp3) is 0.364. The third-order valence-corrected chi connectivity index (χ3v) is 2.97. The molecule has 0 bridgehead atoms. The Morgan fingerprint density at radius 2 is 2.27 bits per heavy atom. The molecular weight excluding hydrogens is 256 g/mol. The Bertz CT molecular complexity index is 527. The van der Waals surface area contributed by atoms with Crippen LogP contribution in [0.3, 0.4) is 0 Å². The maximum absolute atomic E-state index is 11.6. The summed E-state index contributed by atoms with van der Waals surface area (Å²) in [5, 5.41) is 0. The lowest BCUT2D eigenvalue weighted by atomic mass is 10.3. The molecule has 0 saturated carbocycles. The molecule has 0 atom stereocenters. The fourth-order valence-corrected chi connectivity index (χ4v) is 2.01. The average molecular weight is 269 g/mol. The molecule has 1 heterocycles. The molecule has 0 aliphatic carbocycles. The van der Waals surface area contributed by atoms with Crippen LogP contribution >= 0.6 is 15.9 Å². The zero-order valence-corrected chi connectivity index (χ0v) is 10.2. The molecule has 0 amide bonds. The molecule has 15 heavy (non-hydrogen) atoms. The van der Waals surface area contributed by atoms with Gasteiger partial charge in [-0.05, 0) is 24.6 Å². The van der Waals surface area contributed by atoms with E-state index in [4.69, 9.17) is 0 Å². The van der Waals surface area contributed by atoms with Crippen LogP contribution in [0.2, 0.25) is 0 Å². The van der Waals surface area contributed by atoms with Gasteiger partial charge < -0.3 is 4.98 Å². The van der Waals surface area contributed by atoms with Crippen LogP contribution in [-0.4, -0.2) is 9.55 Å². The molecule has 0 radical (unpaired) electrons. The van der Waals surface area contributed by atoms with Crippen molar-refractivity contribution in [1.82, 2.24) is 9.55 Å². The van der Waals surface area contributed by atoms with Crippen molar-refractivity contribution in [3.63, 3.8) is 0 Å². The van der Waals surface area contributed by atoms with E-state index in [1.165, 1.54) is 0 Å². The van der Waals surface area contributed by atoms with Crippen LogP contribution in [-0.2, 0) is 6.54 Å². The maximum atomic E-state index is 11.6. The summed E-state index contributed by atoms with van der Waals surface area (Å²) in [6.45, 7) is 2.90. The molecule has 1 aromatic carbocycles. The molecule has 3 nitrogen and oxygen atoms in total. The first-order valence-corrected chi connectivity index (χ1v) is 5.89. The van der Waals surface area contributed by atoms with Crippen molar-refractivity contribution in [2.45, 2.75) is 26.3 Å². The van der Waals surface area contributed by atoms with Gasteiger partial charge >= 0.3 is 5.69 Å². The largest absolute Gasteiger partial charge is 0.326 e. The average Bonchev–Trinajstić information content (AvgIpc) is 2.51. The van der Waals surface area contributed by atoms with Gasteiger partial charge in [-0.1, -0.05) is 29.3 Å². The molecule has 80 valence electrons. The summed E-state index contributed by atoms with van der Waals surface area (Å²) in [6.07, 6.45) is 2.12. The number of benzene rings is 1. The summed E-state index contributed by atoms with van der Waals surface area (Å²) < 4.78 is 2.79. The number of aromatic amines is 1. The van der Waals surface area contributed by atoms with Gasteiger partial charge in [-0.2, -0.15) is 0 Å². The van der Waals surface area contributed by atoms with E-state index < -0.39 is 0 Å². The van der Waals surface area contributed by atoms with E-state index in [0.717, 1.165) is 34.9 Å². The Hall–Kier alpha value is -1.03. The number of unbranched alkanes of at least 4 members (excludes halogenated alkanes) is 1. The fourth-order valence-electron chi connectivity index (χ4n) is 1.66. The van der Waals surface area contributed by atoms with Crippen molar-refractivity contribution >= 4 is 27.0 Å². The van der Waals surface area contributed by atoms with Crippen molar-refractivity contribution in [2.24, 2.45) is 0 Å². The Balaban J connectivity index is 2.55. The topological polar surface area (TPSA) is 37.8 Å². The van der Waals surface area contributed by atoms with Gasteiger partial charge in [0.15, 0.2) is 0 Å². The molecule has 1 N–H and O–H groups in total. The van der Waals surface area contributed by atoms with E-state index in [1.807, 2.05) is 18.2 Å². The predicted octanol–water partition coefficient (Wildman–Crippen LogP) is 2.89. The number of aryl methyl sites for hydroxylation is 1. The molecule has 0 aliphatic heterocycles. The third-order valence-electron chi connectivity index (χ3n) is 2.47. The first-order chi connectivity index (χ1) is 7.22. The Morgan fingerprint density at radius 3 is 3.00 bits per heavy atom. The lowest BCUT2D eigenvalue weighted by Gasteiger charge is -2.01. The number of nitrogens with zero attached hydrogens (tertiary/aromatic N) is 1. The van der Waals surface area contributed by atoms with Crippen LogP contribution in [0.1, 0.15) is 19.8 Å². The number of H-pyrrole nitrogens is 1. The van der Waals surface area contributed by atoms with Gasteiger partial charge in [0.2, 0.25) is 0 Å². The molecule has 0 unspecified atom stereocenters. The van der Waals surface area contributed by atoms with Crippen LogP contribution in [0.5, 0.6) is 0 Å². The summed E-state index contributed by atoms with van der Waals surface area (Å²) in [6, 6.07) is 5.83. The second kappa shape index (κ2) is 4.23. The number of fused-ring (bicyclic) bond motifs is 1. The summed E-state index contributed by atoms with van der Waals surface area (Å²) in [5.41, 5.74) is 1.86. The normalized spacial score (nSPS) is 11.1. The summed E-state index contributed by atoms with van der Waals surface area (Å²) >= 11 is 3.41. The zero-order valence-electron chi connectivity index (χ0n) is 8.59. The number of hydrogen-bond acceptors (Lipinski definition) is 1. The van der Waals surface area contributed by atoms with E-state index in [1.54, 1.807) is 4.57 Å². The first kappa shape index (κ1) is 10.5. The van der Waals surface area contributed by atoms with E-state index in [0.29, 0.717) is 0 Å². The van der Waals surface area contributed by atoms with Crippen molar-refractivity contribution in [3.05, 3.63) is 33.2 Å². The summed E-state index contributed by atoms with van der Waals surface area (Å²) in [4.78, 5) is 14.5. The second-order valence-electron chi connectivity index (χ2n) is 3.60. The quantitative estimate of drug-likeness (QED) is 0.914. The highest BCUT2D eigenvalue weighted by atomic mass is 79.9. The van der Waals surface area contributed by atoms with Gasteiger partial charge in [-0.25, -0.2) is 4.79 Å². The number of imidazole rings is 1. The highest BCUT2D eigenvalue weighted by Crippen LogP contribution is 2.17. The number of aromatic nitrogens is 2. The van der Waals surface area contributed by atoms with E-state index >= 15 is 0 Å². The molecule has 0 spiro atoms. The van der Waals surface area contributed by atoms with Gasteiger partial charge in [0.25, 0.3) is 0 Å².